The van der Waals surface area contributed by atoms with Crippen LogP contribution in [0.1, 0.15) is 61.5 Å². The first-order valence-electron chi connectivity index (χ1n) is 11.0. The number of ether oxygens (including phenoxy) is 1. The molecule has 1 saturated carbocycles. The van der Waals surface area contributed by atoms with Gasteiger partial charge in [-0.05, 0) is 49.8 Å². The lowest BCUT2D eigenvalue weighted by Crippen LogP contribution is -2.57. The van der Waals surface area contributed by atoms with Gasteiger partial charge in [0.25, 0.3) is 5.91 Å². The van der Waals surface area contributed by atoms with E-state index in [-0.39, 0.29) is 24.1 Å². The lowest BCUT2D eigenvalue weighted by molar-refractivity contribution is -0.129. The Balaban J connectivity index is 1.63. The standard InChI is InChI=1S/C25H29FN2O3/c1-17-9-8-14-25(15-17)28(24(30)20-12-6-7-13-21(20)26)22(16-31-25)23(29)27-18(2)19-10-4-3-5-11-19/h3-7,10-13,17-18,22H,8-9,14-16H2,1-2H3,(H,27,29). The predicted octanol–water partition coefficient (Wildman–Crippen LogP) is 4.45. The zero-order chi connectivity index (χ0) is 22.0. The third-order valence-electron chi connectivity index (χ3n) is 6.48. The number of benzene rings is 2. The number of hydrogen-bond acceptors (Lipinski definition) is 3. The van der Waals surface area contributed by atoms with Gasteiger partial charge in [0.15, 0.2) is 0 Å². The first kappa shape index (κ1) is 21.5. The summed E-state index contributed by atoms with van der Waals surface area (Å²) in [4.78, 5) is 28.4. The van der Waals surface area contributed by atoms with Crippen LogP contribution in [-0.2, 0) is 9.53 Å². The van der Waals surface area contributed by atoms with Crippen molar-refractivity contribution in [3.63, 3.8) is 0 Å². The number of rotatable bonds is 4. The SMILES string of the molecule is CC1CCCC2(C1)OCC(C(=O)NC(C)c1ccccc1)N2C(=O)c1ccccc1F. The Morgan fingerprint density at radius 3 is 2.58 bits per heavy atom. The molecule has 1 spiro atoms. The highest BCUT2D eigenvalue weighted by Crippen LogP contribution is 2.43. The van der Waals surface area contributed by atoms with Gasteiger partial charge in [-0.2, -0.15) is 0 Å². The highest BCUT2D eigenvalue weighted by molar-refractivity contribution is 5.98. The fourth-order valence-electron chi connectivity index (χ4n) is 4.91. The van der Waals surface area contributed by atoms with Gasteiger partial charge in [0.05, 0.1) is 18.2 Å². The summed E-state index contributed by atoms with van der Waals surface area (Å²) in [7, 11) is 0. The molecule has 1 heterocycles. The minimum atomic E-state index is -0.866. The van der Waals surface area contributed by atoms with Crippen LogP contribution in [0.2, 0.25) is 0 Å². The van der Waals surface area contributed by atoms with E-state index in [0.29, 0.717) is 18.8 Å². The third kappa shape index (κ3) is 4.22. The van der Waals surface area contributed by atoms with Crippen molar-refractivity contribution in [2.24, 2.45) is 5.92 Å². The molecule has 6 heteroatoms. The first-order chi connectivity index (χ1) is 14.9. The van der Waals surface area contributed by atoms with Crippen molar-refractivity contribution in [2.75, 3.05) is 6.61 Å². The molecular formula is C25H29FN2O3. The Kier molecular flexibility index (Phi) is 6.10. The molecule has 5 nitrogen and oxygen atoms in total. The van der Waals surface area contributed by atoms with E-state index in [2.05, 4.69) is 12.2 Å². The van der Waals surface area contributed by atoms with Crippen molar-refractivity contribution in [1.29, 1.82) is 0 Å². The van der Waals surface area contributed by atoms with Crippen molar-refractivity contribution >= 4 is 11.8 Å². The van der Waals surface area contributed by atoms with Gasteiger partial charge in [0, 0.05) is 0 Å². The molecule has 2 fully saturated rings. The summed E-state index contributed by atoms with van der Waals surface area (Å²) in [5.41, 5.74) is 0.0805. The van der Waals surface area contributed by atoms with E-state index >= 15 is 0 Å². The lowest BCUT2D eigenvalue weighted by atomic mass is 9.83. The van der Waals surface area contributed by atoms with Gasteiger partial charge in [-0.3, -0.25) is 14.5 Å². The van der Waals surface area contributed by atoms with Crippen molar-refractivity contribution in [3.8, 4) is 0 Å². The normalized spacial score (nSPS) is 26.6. The average Bonchev–Trinajstić information content (AvgIpc) is 3.12. The second kappa shape index (κ2) is 8.79. The summed E-state index contributed by atoms with van der Waals surface area (Å²) in [5.74, 6) is -1.00. The van der Waals surface area contributed by atoms with Crippen LogP contribution in [0.4, 0.5) is 4.39 Å². The van der Waals surface area contributed by atoms with E-state index in [1.807, 2.05) is 37.3 Å². The molecule has 4 unspecified atom stereocenters. The summed E-state index contributed by atoms with van der Waals surface area (Å²) in [5, 5.41) is 3.02. The van der Waals surface area contributed by atoms with Crippen LogP contribution in [0.3, 0.4) is 0 Å². The maximum atomic E-state index is 14.5. The second-order valence-electron chi connectivity index (χ2n) is 8.77. The van der Waals surface area contributed by atoms with Crippen molar-refractivity contribution < 1.29 is 18.7 Å². The minimum Gasteiger partial charge on any atom is -0.353 e. The number of amides is 2. The summed E-state index contributed by atoms with van der Waals surface area (Å²) in [6.07, 6.45) is 3.24. The molecule has 4 atom stereocenters. The van der Waals surface area contributed by atoms with Crippen molar-refractivity contribution in [3.05, 3.63) is 71.5 Å². The zero-order valence-electron chi connectivity index (χ0n) is 18.0. The van der Waals surface area contributed by atoms with Crippen LogP contribution in [0.15, 0.2) is 54.6 Å². The molecule has 0 aromatic heterocycles. The number of nitrogens with one attached hydrogen (secondary N) is 1. The molecular weight excluding hydrogens is 395 g/mol. The lowest BCUT2D eigenvalue weighted by Gasteiger charge is -2.43. The fourth-order valence-corrected chi connectivity index (χ4v) is 4.91. The van der Waals surface area contributed by atoms with Crippen LogP contribution >= 0.6 is 0 Å². The molecule has 1 aliphatic carbocycles. The van der Waals surface area contributed by atoms with Crippen molar-refractivity contribution in [2.45, 2.75) is 57.3 Å². The van der Waals surface area contributed by atoms with Gasteiger partial charge in [-0.1, -0.05) is 55.8 Å². The fraction of sp³-hybridized carbons (Fsp3) is 0.440. The molecule has 2 aromatic rings. The predicted molar refractivity (Wildman–Crippen MR) is 116 cm³/mol. The molecule has 2 aromatic carbocycles. The first-order valence-corrected chi connectivity index (χ1v) is 11.0. The number of carbonyl (C=O) groups excluding carboxylic acids is 2. The van der Waals surface area contributed by atoms with E-state index in [1.165, 1.54) is 17.0 Å². The van der Waals surface area contributed by atoms with E-state index in [9.17, 15) is 14.0 Å². The molecule has 1 saturated heterocycles. The molecule has 1 N–H and O–H groups in total. The monoisotopic (exact) mass is 424 g/mol. The smallest absolute Gasteiger partial charge is 0.259 e. The Labute approximate surface area is 182 Å². The van der Waals surface area contributed by atoms with Gasteiger partial charge in [-0.25, -0.2) is 4.39 Å². The summed E-state index contributed by atoms with van der Waals surface area (Å²) < 4.78 is 20.7. The molecule has 2 amide bonds. The largest absolute Gasteiger partial charge is 0.353 e. The quantitative estimate of drug-likeness (QED) is 0.789. The molecule has 0 radical (unpaired) electrons. The average molecular weight is 425 g/mol. The number of nitrogens with zero attached hydrogens (tertiary/aromatic N) is 1. The molecule has 164 valence electrons. The number of carbonyl (C=O) groups is 2. The minimum absolute atomic E-state index is 0.0282. The van der Waals surface area contributed by atoms with E-state index in [4.69, 9.17) is 4.74 Å². The number of halogens is 1. The van der Waals surface area contributed by atoms with E-state index < -0.39 is 23.5 Å². The second-order valence-corrected chi connectivity index (χ2v) is 8.77. The van der Waals surface area contributed by atoms with Crippen LogP contribution in [-0.4, -0.2) is 35.1 Å². The van der Waals surface area contributed by atoms with Crippen LogP contribution in [0, 0.1) is 11.7 Å². The highest BCUT2D eigenvalue weighted by Gasteiger charge is 2.54. The Morgan fingerprint density at radius 2 is 1.87 bits per heavy atom. The summed E-state index contributed by atoms with van der Waals surface area (Å²) >= 11 is 0. The topological polar surface area (TPSA) is 58.6 Å². The Morgan fingerprint density at radius 1 is 1.16 bits per heavy atom. The van der Waals surface area contributed by atoms with Crippen LogP contribution in [0.25, 0.3) is 0 Å². The summed E-state index contributed by atoms with van der Waals surface area (Å²) in [6, 6.07) is 14.6. The molecule has 0 bridgehead atoms. The van der Waals surface area contributed by atoms with Crippen molar-refractivity contribution in [1.82, 2.24) is 10.2 Å². The van der Waals surface area contributed by atoms with Gasteiger partial charge < -0.3 is 10.1 Å². The van der Waals surface area contributed by atoms with Gasteiger partial charge in [0.2, 0.25) is 5.91 Å². The maximum Gasteiger partial charge on any atom is 0.259 e. The third-order valence-corrected chi connectivity index (χ3v) is 6.48. The van der Waals surface area contributed by atoms with Crippen LogP contribution < -0.4 is 5.32 Å². The molecule has 1 aliphatic heterocycles. The maximum absolute atomic E-state index is 14.5. The van der Waals surface area contributed by atoms with Gasteiger partial charge in [-0.15, -0.1) is 0 Å². The summed E-state index contributed by atoms with van der Waals surface area (Å²) in [6.45, 7) is 4.14. The Hall–Kier alpha value is -2.73. The van der Waals surface area contributed by atoms with E-state index in [1.54, 1.807) is 12.1 Å². The highest BCUT2D eigenvalue weighted by atomic mass is 19.1. The molecule has 2 aliphatic rings. The van der Waals surface area contributed by atoms with E-state index in [0.717, 1.165) is 18.4 Å². The van der Waals surface area contributed by atoms with Gasteiger partial charge >= 0.3 is 0 Å². The van der Waals surface area contributed by atoms with Gasteiger partial charge in [0.1, 0.15) is 17.6 Å². The van der Waals surface area contributed by atoms with Crippen LogP contribution in [0.5, 0.6) is 0 Å². The zero-order valence-corrected chi connectivity index (χ0v) is 18.0. The number of hydrogen-bond donors (Lipinski definition) is 1. The Bertz CT molecular complexity index is 951. The molecule has 4 rings (SSSR count). The molecule has 31 heavy (non-hydrogen) atoms.